The average Bonchev–Trinajstić information content (AvgIpc) is 2.26. The summed E-state index contributed by atoms with van der Waals surface area (Å²) < 4.78 is 11.3. The molecule has 0 atom stereocenters. The highest BCUT2D eigenvalue weighted by Crippen LogP contribution is 2.09. The lowest BCUT2D eigenvalue weighted by Crippen LogP contribution is -1.98. The van der Waals surface area contributed by atoms with Gasteiger partial charge in [0.25, 0.3) is 0 Å². The third kappa shape index (κ3) is 14.7. The molecule has 0 unspecified atom stereocenters. The second kappa shape index (κ2) is 14.6. The van der Waals surface area contributed by atoms with Crippen LogP contribution in [0.2, 0.25) is 0 Å². The van der Waals surface area contributed by atoms with Gasteiger partial charge in [0.05, 0.1) is 0 Å². The van der Waals surface area contributed by atoms with E-state index in [-0.39, 0.29) is 0 Å². The first-order valence-corrected chi connectivity index (χ1v) is 7.57. The molecular weight excluding hydrogens is 303 g/mol. The number of halogens is 1. The molecule has 0 saturated heterocycles. The summed E-state index contributed by atoms with van der Waals surface area (Å²) in [7, 11) is 1.66. The third-order valence-electron chi connectivity index (χ3n) is 2.37. The highest BCUT2D eigenvalue weighted by atomic mass is 127. The van der Waals surface area contributed by atoms with Crippen LogP contribution in [0.25, 0.3) is 0 Å². The van der Waals surface area contributed by atoms with Gasteiger partial charge in [0.15, 0.2) is 0 Å². The van der Waals surface area contributed by atoms with Gasteiger partial charge in [-0.25, -0.2) is 0 Å². The van der Waals surface area contributed by atoms with Gasteiger partial charge in [-0.1, -0.05) is 61.1 Å². The Kier molecular flexibility index (Phi) is 15.3. The fraction of sp³-hybridized carbons (Fsp3) is 1.00. The van der Waals surface area contributed by atoms with E-state index in [0.717, 1.165) is 6.61 Å². The molecule has 0 aromatic carbocycles. The molecule has 0 N–H and O–H groups in total. The summed E-state index contributed by atoms with van der Waals surface area (Å²) in [5, 5.41) is 0. The molecule has 0 rings (SSSR count). The van der Waals surface area contributed by atoms with Gasteiger partial charge in [-0.05, 0) is 17.3 Å². The number of methoxy groups -OCH3 is 1. The van der Waals surface area contributed by atoms with Crippen LogP contribution in [0, 0.1) is 0 Å². The third-order valence-corrected chi connectivity index (χ3v) is 3.14. The SMILES string of the molecule is COCOCCCCCCCCCCI. The van der Waals surface area contributed by atoms with Gasteiger partial charge < -0.3 is 9.47 Å². The van der Waals surface area contributed by atoms with Gasteiger partial charge in [0.1, 0.15) is 6.79 Å². The molecule has 2 nitrogen and oxygen atoms in total. The molecule has 0 aliphatic carbocycles. The molecule has 0 amide bonds. The van der Waals surface area contributed by atoms with Gasteiger partial charge in [0, 0.05) is 13.7 Å². The van der Waals surface area contributed by atoms with E-state index in [1.807, 2.05) is 0 Å². The standard InChI is InChI=1S/C12H25IO2/c1-14-12-15-11-9-7-5-3-2-4-6-8-10-13/h2-12H2,1H3. The van der Waals surface area contributed by atoms with Crippen LogP contribution in [0.5, 0.6) is 0 Å². The number of rotatable bonds is 12. The van der Waals surface area contributed by atoms with Gasteiger partial charge >= 0.3 is 0 Å². The Morgan fingerprint density at radius 2 is 1.33 bits per heavy atom. The second-order valence-corrected chi connectivity index (χ2v) is 4.91. The van der Waals surface area contributed by atoms with Gasteiger partial charge in [0.2, 0.25) is 0 Å². The van der Waals surface area contributed by atoms with E-state index < -0.39 is 0 Å². The van der Waals surface area contributed by atoms with Crippen molar-refractivity contribution < 1.29 is 9.47 Å². The minimum atomic E-state index is 0.441. The highest BCUT2D eigenvalue weighted by Gasteiger charge is 1.92. The molecule has 0 aliphatic rings. The fourth-order valence-corrected chi connectivity index (χ4v) is 2.04. The summed E-state index contributed by atoms with van der Waals surface area (Å²) in [5.41, 5.74) is 0. The van der Waals surface area contributed by atoms with Crippen LogP contribution in [0.3, 0.4) is 0 Å². The molecule has 92 valence electrons. The molecule has 0 radical (unpaired) electrons. The zero-order chi connectivity index (χ0) is 11.2. The number of hydrogen-bond donors (Lipinski definition) is 0. The molecule has 3 heteroatoms. The van der Waals surface area contributed by atoms with E-state index in [1.54, 1.807) is 7.11 Å². The average molecular weight is 328 g/mol. The Hall–Kier alpha value is 0.650. The molecular formula is C12H25IO2. The predicted octanol–water partition coefficient (Wildman–Crippen LogP) is 4.16. The summed E-state index contributed by atoms with van der Waals surface area (Å²) in [6.07, 6.45) is 10.9. The van der Waals surface area contributed by atoms with Crippen LogP contribution in [0.4, 0.5) is 0 Å². The number of unbranched alkanes of at least 4 members (excludes halogenated alkanes) is 7. The summed E-state index contributed by atoms with van der Waals surface area (Å²) >= 11 is 2.45. The van der Waals surface area contributed by atoms with Crippen molar-refractivity contribution in [1.29, 1.82) is 0 Å². The number of hydrogen-bond acceptors (Lipinski definition) is 2. The van der Waals surface area contributed by atoms with E-state index in [0.29, 0.717) is 6.79 Å². The van der Waals surface area contributed by atoms with Gasteiger partial charge in [-0.15, -0.1) is 0 Å². The van der Waals surface area contributed by atoms with Crippen molar-refractivity contribution >= 4 is 22.6 Å². The van der Waals surface area contributed by atoms with Crippen LogP contribution in [0.1, 0.15) is 51.4 Å². The van der Waals surface area contributed by atoms with Crippen molar-refractivity contribution in [3.05, 3.63) is 0 Å². The summed E-state index contributed by atoms with van der Waals surface area (Å²) in [6.45, 7) is 1.29. The predicted molar refractivity (Wildman–Crippen MR) is 73.7 cm³/mol. The summed E-state index contributed by atoms with van der Waals surface area (Å²) in [4.78, 5) is 0. The fourth-order valence-electron chi connectivity index (χ4n) is 1.50. The Morgan fingerprint density at radius 3 is 1.87 bits per heavy atom. The first kappa shape index (κ1) is 15.7. The van der Waals surface area contributed by atoms with Crippen LogP contribution in [0.15, 0.2) is 0 Å². The highest BCUT2D eigenvalue weighted by molar-refractivity contribution is 14.1. The summed E-state index contributed by atoms with van der Waals surface area (Å²) in [6, 6.07) is 0. The largest absolute Gasteiger partial charge is 0.359 e. The zero-order valence-electron chi connectivity index (χ0n) is 9.97. The first-order chi connectivity index (χ1) is 7.41. The maximum absolute atomic E-state index is 5.22. The van der Waals surface area contributed by atoms with Gasteiger partial charge in [-0.3, -0.25) is 0 Å². The zero-order valence-corrected chi connectivity index (χ0v) is 12.1. The molecule has 0 heterocycles. The first-order valence-electron chi connectivity index (χ1n) is 6.04. The lowest BCUT2D eigenvalue weighted by atomic mass is 10.1. The molecule has 15 heavy (non-hydrogen) atoms. The Bertz CT molecular complexity index is 97.8. The van der Waals surface area contributed by atoms with E-state index in [9.17, 15) is 0 Å². The van der Waals surface area contributed by atoms with Crippen molar-refractivity contribution in [3.63, 3.8) is 0 Å². The quantitative estimate of drug-likeness (QED) is 0.232. The van der Waals surface area contributed by atoms with Crippen molar-refractivity contribution in [2.24, 2.45) is 0 Å². The Labute approximate surface area is 108 Å². The lowest BCUT2D eigenvalue weighted by Gasteiger charge is -2.03. The number of alkyl halides is 1. The molecule has 0 aromatic rings. The second-order valence-electron chi connectivity index (χ2n) is 3.83. The van der Waals surface area contributed by atoms with E-state index in [2.05, 4.69) is 22.6 Å². The lowest BCUT2D eigenvalue weighted by molar-refractivity contribution is -0.0315. The summed E-state index contributed by atoms with van der Waals surface area (Å²) in [5.74, 6) is 0. The van der Waals surface area contributed by atoms with Crippen molar-refractivity contribution in [1.82, 2.24) is 0 Å². The van der Waals surface area contributed by atoms with Crippen molar-refractivity contribution in [2.45, 2.75) is 51.4 Å². The monoisotopic (exact) mass is 328 g/mol. The maximum Gasteiger partial charge on any atom is 0.146 e. The van der Waals surface area contributed by atoms with Crippen LogP contribution in [-0.2, 0) is 9.47 Å². The topological polar surface area (TPSA) is 18.5 Å². The van der Waals surface area contributed by atoms with Crippen molar-refractivity contribution in [3.8, 4) is 0 Å². The van der Waals surface area contributed by atoms with Crippen LogP contribution in [-0.4, -0.2) is 24.9 Å². The Balaban J connectivity index is 2.81. The Morgan fingerprint density at radius 1 is 0.800 bits per heavy atom. The van der Waals surface area contributed by atoms with E-state index in [4.69, 9.17) is 9.47 Å². The molecule has 0 fully saturated rings. The normalized spacial score (nSPS) is 10.8. The van der Waals surface area contributed by atoms with E-state index in [1.165, 1.54) is 55.8 Å². The van der Waals surface area contributed by atoms with Gasteiger partial charge in [-0.2, -0.15) is 0 Å². The van der Waals surface area contributed by atoms with E-state index >= 15 is 0 Å². The minimum absolute atomic E-state index is 0.441. The van der Waals surface area contributed by atoms with Crippen LogP contribution >= 0.6 is 22.6 Å². The minimum Gasteiger partial charge on any atom is -0.359 e. The molecule has 0 bridgehead atoms. The maximum atomic E-state index is 5.22. The van der Waals surface area contributed by atoms with Crippen molar-refractivity contribution in [2.75, 3.05) is 24.9 Å². The van der Waals surface area contributed by atoms with Crippen LogP contribution < -0.4 is 0 Å². The molecule has 0 aliphatic heterocycles. The molecule has 0 saturated carbocycles. The molecule has 0 spiro atoms. The number of ether oxygens (including phenoxy) is 2. The smallest absolute Gasteiger partial charge is 0.146 e. The molecule has 0 aromatic heterocycles.